The molecule has 0 N–H and O–H groups in total. The molecule has 2 amide bonds. The fraction of sp³-hybridized carbons (Fsp3) is 0.391. The summed E-state index contributed by atoms with van der Waals surface area (Å²) in [5.41, 5.74) is 1.19. The molecule has 0 aromatic heterocycles. The van der Waals surface area contributed by atoms with Crippen LogP contribution in [0.4, 0.5) is 4.79 Å². The molecule has 0 radical (unpaired) electrons. The van der Waals surface area contributed by atoms with E-state index in [2.05, 4.69) is 6.58 Å². The Bertz CT molecular complexity index is 914. The van der Waals surface area contributed by atoms with E-state index in [9.17, 15) is 9.59 Å². The summed E-state index contributed by atoms with van der Waals surface area (Å²) in [5.74, 6) is -0.0118. The van der Waals surface area contributed by atoms with Gasteiger partial charge in [0, 0.05) is 31.2 Å². The molecule has 1 aliphatic rings. The predicted octanol–water partition coefficient (Wildman–Crippen LogP) is 4.56. The van der Waals surface area contributed by atoms with Crippen LogP contribution in [0.25, 0.3) is 16.8 Å². The zero-order chi connectivity index (χ0) is 20.5. The van der Waals surface area contributed by atoms with Crippen LogP contribution in [0, 0.1) is 0 Å². The van der Waals surface area contributed by atoms with E-state index in [-0.39, 0.29) is 18.0 Å². The average Bonchev–Trinajstić information content (AvgIpc) is 2.65. The second-order valence-corrected chi connectivity index (χ2v) is 8.26. The molecule has 0 bridgehead atoms. The molecule has 1 heterocycles. The number of carbonyl (C=O) groups excluding carboxylic acids is 2. The highest BCUT2D eigenvalue weighted by Gasteiger charge is 2.32. The van der Waals surface area contributed by atoms with Crippen LogP contribution in [-0.4, -0.2) is 53.1 Å². The van der Waals surface area contributed by atoms with Crippen molar-refractivity contribution in [3.63, 3.8) is 0 Å². The summed E-state index contributed by atoms with van der Waals surface area (Å²) in [6.07, 6.45) is 1.50. The second-order valence-electron chi connectivity index (χ2n) is 8.26. The van der Waals surface area contributed by atoms with Gasteiger partial charge in [0.25, 0.3) is 5.91 Å². The quantitative estimate of drug-likeness (QED) is 0.767. The zero-order valence-electron chi connectivity index (χ0n) is 17.1. The molecular formula is C23H28N2O3. The van der Waals surface area contributed by atoms with E-state index in [0.29, 0.717) is 25.2 Å². The van der Waals surface area contributed by atoms with Crippen molar-refractivity contribution < 1.29 is 14.3 Å². The first-order valence-electron chi connectivity index (χ1n) is 9.64. The van der Waals surface area contributed by atoms with Crippen LogP contribution < -0.4 is 0 Å². The largest absolute Gasteiger partial charge is 0.444 e. The number of nitrogens with zero attached hydrogens (tertiary/aromatic N) is 2. The third-order valence-corrected chi connectivity index (χ3v) is 4.92. The van der Waals surface area contributed by atoms with Crippen LogP contribution in [-0.2, 0) is 4.74 Å². The molecule has 148 valence electrons. The van der Waals surface area contributed by atoms with Crippen molar-refractivity contribution in [1.82, 2.24) is 9.80 Å². The van der Waals surface area contributed by atoms with E-state index in [4.69, 9.17) is 4.74 Å². The zero-order valence-corrected chi connectivity index (χ0v) is 17.1. The smallest absolute Gasteiger partial charge is 0.410 e. The van der Waals surface area contributed by atoms with Crippen LogP contribution in [0.1, 0.15) is 43.6 Å². The Hall–Kier alpha value is -2.82. The maximum Gasteiger partial charge on any atom is 0.410 e. The molecule has 5 heteroatoms. The van der Waals surface area contributed by atoms with Crippen LogP contribution in [0.5, 0.6) is 0 Å². The van der Waals surface area contributed by atoms with E-state index in [1.54, 1.807) is 4.90 Å². The van der Waals surface area contributed by atoms with E-state index in [0.717, 1.165) is 16.3 Å². The van der Waals surface area contributed by atoms with Gasteiger partial charge in [-0.3, -0.25) is 4.79 Å². The number of amides is 2. The lowest BCUT2D eigenvalue weighted by atomic mass is 10.0. The number of hydrogen-bond acceptors (Lipinski definition) is 3. The lowest BCUT2D eigenvalue weighted by molar-refractivity contribution is 0.00617. The molecule has 1 saturated heterocycles. The van der Waals surface area contributed by atoms with Gasteiger partial charge in [-0.15, -0.1) is 0 Å². The molecule has 0 aliphatic carbocycles. The van der Waals surface area contributed by atoms with Gasteiger partial charge in [0.05, 0.1) is 0 Å². The molecule has 1 fully saturated rings. The number of ether oxygens (including phenoxy) is 1. The lowest BCUT2D eigenvalue weighted by Gasteiger charge is -2.40. The Morgan fingerprint density at radius 1 is 1.18 bits per heavy atom. The lowest BCUT2D eigenvalue weighted by Crippen LogP contribution is -2.56. The molecule has 3 rings (SSSR count). The van der Waals surface area contributed by atoms with Gasteiger partial charge in [0.2, 0.25) is 0 Å². The monoisotopic (exact) mass is 380 g/mol. The average molecular weight is 380 g/mol. The normalized spacial score (nSPS) is 17.5. The van der Waals surface area contributed by atoms with Crippen molar-refractivity contribution >= 4 is 28.8 Å². The first-order valence-corrected chi connectivity index (χ1v) is 9.64. The maximum atomic E-state index is 13.1. The van der Waals surface area contributed by atoms with E-state index in [1.807, 2.05) is 75.1 Å². The number of fused-ring (bicyclic) bond motifs is 1. The van der Waals surface area contributed by atoms with E-state index < -0.39 is 5.60 Å². The standard InChI is InChI=1S/C23H28N2O3/c1-6-17-8-7-9-18-14-19(10-11-20(17)18)21(26)25-13-12-24(15-16(25)2)22(27)28-23(3,4)5/h6-11,14,16H,1,12-13,15H2,2-5H3/t16-/m0/s1. The molecule has 1 atom stereocenters. The molecule has 5 nitrogen and oxygen atoms in total. The summed E-state index contributed by atoms with van der Waals surface area (Å²) in [6, 6.07) is 11.7. The van der Waals surface area contributed by atoms with Gasteiger partial charge in [0.15, 0.2) is 0 Å². The van der Waals surface area contributed by atoms with Gasteiger partial charge >= 0.3 is 6.09 Å². The van der Waals surface area contributed by atoms with Crippen molar-refractivity contribution in [2.75, 3.05) is 19.6 Å². The number of benzene rings is 2. The van der Waals surface area contributed by atoms with E-state index in [1.165, 1.54) is 0 Å². The molecule has 0 saturated carbocycles. The molecule has 1 aliphatic heterocycles. The fourth-order valence-corrected chi connectivity index (χ4v) is 3.54. The van der Waals surface area contributed by atoms with Crippen molar-refractivity contribution in [2.45, 2.75) is 39.3 Å². The molecule has 2 aromatic rings. The SMILES string of the molecule is C=Cc1cccc2cc(C(=O)N3CCN(C(=O)OC(C)(C)C)C[C@@H]3C)ccc12. The maximum absolute atomic E-state index is 13.1. The van der Waals surface area contributed by atoms with Gasteiger partial charge in [-0.05, 0) is 56.2 Å². The summed E-state index contributed by atoms with van der Waals surface area (Å²) >= 11 is 0. The van der Waals surface area contributed by atoms with Gasteiger partial charge in [-0.25, -0.2) is 4.79 Å². The minimum Gasteiger partial charge on any atom is -0.444 e. The highest BCUT2D eigenvalue weighted by Crippen LogP contribution is 2.23. The Labute approximate surface area is 166 Å². The van der Waals surface area contributed by atoms with Crippen LogP contribution in [0.15, 0.2) is 43.0 Å². The predicted molar refractivity (Wildman–Crippen MR) is 112 cm³/mol. The number of rotatable bonds is 2. The summed E-state index contributed by atoms with van der Waals surface area (Å²) in [6.45, 7) is 12.8. The van der Waals surface area contributed by atoms with Gasteiger partial charge in [-0.1, -0.05) is 36.9 Å². The molecule has 28 heavy (non-hydrogen) atoms. The highest BCUT2D eigenvalue weighted by molar-refractivity contribution is 6.00. The van der Waals surface area contributed by atoms with Gasteiger partial charge in [0.1, 0.15) is 5.60 Å². The summed E-state index contributed by atoms with van der Waals surface area (Å²) in [4.78, 5) is 28.9. The van der Waals surface area contributed by atoms with Crippen molar-refractivity contribution in [2.24, 2.45) is 0 Å². The summed E-state index contributed by atoms with van der Waals surface area (Å²) < 4.78 is 5.45. The van der Waals surface area contributed by atoms with Crippen LogP contribution in [0.2, 0.25) is 0 Å². The van der Waals surface area contributed by atoms with E-state index >= 15 is 0 Å². The topological polar surface area (TPSA) is 49.9 Å². The summed E-state index contributed by atoms with van der Waals surface area (Å²) in [5, 5.41) is 2.10. The Balaban J connectivity index is 1.74. The van der Waals surface area contributed by atoms with Crippen molar-refractivity contribution in [3.05, 3.63) is 54.1 Å². The highest BCUT2D eigenvalue weighted by atomic mass is 16.6. The number of piperazine rings is 1. The molecule has 0 spiro atoms. The second kappa shape index (κ2) is 7.66. The number of carbonyl (C=O) groups is 2. The first-order chi connectivity index (χ1) is 13.2. The van der Waals surface area contributed by atoms with Crippen molar-refractivity contribution in [3.8, 4) is 0 Å². The fourth-order valence-electron chi connectivity index (χ4n) is 3.54. The Morgan fingerprint density at radius 2 is 1.93 bits per heavy atom. The third kappa shape index (κ3) is 4.19. The van der Waals surface area contributed by atoms with Crippen LogP contribution >= 0.6 is 0 Å². The van der Waals surface area contributed by atoms with Crippen LogP contribution in [0.3, 0.4) is 0 Å². The first kappa shape index (κ1) is 19.9. The Kier molecular flexibility index (Phi) is 5.45. The van der Waals surface area contributed by atoms with Crippen molar-refractivity contribution in [1.29, 1.82) is 0 Å². The third-order valence-electron chi connectivity index (χ3n) is 4.92. The minimum absolute atomic E-state index is 0.0118. The molecule has 0 unspecified atom stereocenters. The Morgan fingerprint density at radius 3 is 2.57 bits per heavy atom. The molecule has 2 aromatic carbocycles. The number of hydrogen-bond donors (Lipinski definition) is 0. The van der Waals surface area contributed by atoms with Gasteiger partial charge in [-0.2, -0.15) is 0 Å². The minimum atomic E-state index is -0.525. The van der Waals surface area contributed by atoms with Gasteiger partial charge < -0.3 is 14.5 Å². The molecular weight excluding hydrogens is 352 g/mol. The summed E-state index contributed by atoms with van der Waals surface area (Å²) in [7, 11) is 0.